The number of nitrogens with one attached hydrogen (secondary N) is 2. The molecule has 25 heavy (non-hydrogen) atoms. The average molecular weight is 359 g/mol. The quantitative estimate of drug-likeness (QED) is 0.758. The van der Waals surface area contributed by atoms with E-state index in [0.717, 1.165) is 36.3 Å². The lowest BCUT2D eigenvalue weighted by molar-refractivity contribution is -0.115. The highest BCUT2D eigenvalue weighted by Gasteiger charge is 2.40. The first kappa shape index (κ1) is 16.9. The molecular formula is C19H25N3O2S. The van der Waals surface area contributed by atoms with Gasteiger partial charge in [-0.15, -0.1) is 11.8 Å². The van der Waals surface area contributed by atoms with Gasteiger partial charge >= 0.3 is 0 Å². The van der Waals surface area contributed by atoms with Gasteiger partial charge in [0.25, 0.3) is 5.91 Å². The van der Waals surface area contributed by atoms with Gasteiger partial charge in [0.1, 0.15) is 0 Å². The molecule has 6 heteroatoms. The molecule has 0 spiro atoms. The molecule has 1 heterocycles. The Morgan fingerprint density at radius 3 is 2.72 bits per heavy atom. The van der Waals surface area contributed by atoms with Crippen LogP contribution < -0.4 is 16.4 Å². The van der Waals surface area contributed by atoms with Gasteiger partial charge in [-0.05, 0) is 62.6 Å². The van der Waals surface area contributed by atoms with E-state index in [0.29, 0.717) is 17.4 Å². The van der Waals surface area contributed by atoms with Gasteiger partial charge < -0.3 is 16.4 Å². The Bertz CT molecular complexity index is 694. The van der Waals surface area contributed by atoms with Crippen LogP contribution >= 0.6 is 11.8 Å². The summed E-state index contributed by atoms with van der Waals surface area (Å²) in [5, 5.41) is 6.07. The van der Waals surface area contributed by atoms with Crippen molar-refractivity contribution in [2.45, 2.75) is 61.3 Å². The largest absolute Gasteiger partial charge is 0.349 e. The number of fused-ring (bicyclic) bond motifs is 3. The summed E-state index contributed by atoms with van der Waals surface area (Å²) in [6, 6.07) is 6.10. The van der Waals surface area contributed by atoms with Gasteiger partial charge in [-0.25, -0.2) is 0 Å². The zero-order chi connectivity index (χ0) is 17.6. The van der Waals surface area contributed by atoms with Gasteiger partial charge in [0, 0.05) is 22.5 Å². The van der Waals surface area contributed by atoms with Crippen LogP contribution in [0.15, 0.2) is 23.1 Å². The van der Waals surface area contributed by atoms with Crippen LogP contribution in [0.1, 0.15) is 49.4 Å². The summed E-state index contributed by atoms with van der Waals surface area (Å²) in [4.78, 5) is 25.7. The number of hydrogen-bond donors (Lipinski definition) is 3. The highest BCUT2D eigenvalue weighted by molar-refractivity contribution is 8.00. The number of benzene rings is 1. The number of amides is 2. The number of anilines is 1. The van der Waals surface area contributed by atoms with E-state index in [4.69, 9.17) is 5.73 Å². The number of thioether (sulfide) groups is 1. The minimum absolute atomic E-state index is 0.00846. The monoisotopic (exact) mass is 359 g/mol. The molecule has 1 aliphatic heterocycles. The van der Waals surface area contributed by atoms with Crippen LogP contribution in [0, 0.1) is 11.8 Å². The van der Waals surface area contributed by atoms with Gasteiger partial charge in [-0.1, -0.05) is 6.42 Å². The summed E-state index contributed by atoms with van der Waals surface area (Å²) in [6.45, 7) is 1.89. The molecule has 2 aliphatic carbocycles. The molecule has 2 fully saturated rings. The average Bonchev–Trinajstić information content (AvgIpc) is 2.56. The summed E-state index contributed by atoms with van der Waals surface area (Å²) in [5.74, 6) is 0.948. The third-order valence-electron chi connectivity index (χ3n) is 5.85. The molecule has 1 aromatic rings. The minimum atomic E-state index is -0.0991. The third-order valence-corrected chi connectivity index (χ3v) is 7.02. The highest BCUT2D eigenvalue weighted by atomic mass is 32.2. The smallest absolute Gasteiger partial charge is 0.251 e. The first-order valence-electron chi connectivity index (χ1n) is 9.19. The molecule has 3 unspecified atom stereocenters. The van der Waals surface area contributed by atoms with Crippen LogP contribution in [0.3, 0.4) is 0 Å². The zero-order valence-corrected chi connectivity index (χ0v) is 15.3. The molecule has 3 atom stereocenters. The molecule has 134 valence electrons. The Kier molecular flexibility index (Phi) is 4.50. The van der Waals surface area contributed by atoms with E-state index in [1.54, 1.807) is 6.07 Å². The van der Waals surface area contributed by atoms with Crippen molar-refractivity contribution in [2.24, 2.45) is 17.6 Å². The van der Waals surface area contributed by atoms with Crippen LogP contribution in [0.2, 0.25) is 0 Å². The SMILES string of the molecule is CC1Sc2ccc(C(=O)NC3C4CCCC3CC(N)C4)cc2NC1=O. The summed E-state index contributed by atoms with van der Waals surface area (Å²) < 4.78 is 0. The molecular weight excluding hydrogens is 334 g/mol. The number of nitrogens with two attached hydrogens (primary N) is 1. The Morgan fingerprint density at radius 1 is 1.28 bits per heavy atom. The molecule has 1 aromatic carbocycles. The van der Waals surface area contributed by atoms with E-state index in [1.165, 1.54) is 18.2 Å². The van der Waals surface area contributed by atoms with Crippen LogP contribution in [0.25, 0.3) is 0 Å². The minimum Gasteiger partial charge on any atom is -0.349 e. The maximum Gasteiger partial charge on any atom is 0.251 e. The molecule has 2 saturated carbocycles. The van der Waals surface area contributed by atoms with Crippen molar-refractivity contribution in [3.8, 4) is 0 Å². The highest BCUT2D eigenvalue weighted by Crippen LogP contribution is 2.40. The number of carbonyl (C=O) groups is 2. The maximum absolute atomic E-state index is 12.8. The van der Waals surface area contributed by atoms with Crippen molar-refractivity contribution in [3.63, 3.8) is 0 Å². The Morgan fingerprint density at radius 2 is 2.00 bits per heavy atom. The van der Waals surface area contributed by atoms with E-state index in [2.05, 4.69) is 10.6 Å². The molecule has 0 saturated heterocycles. The lowest BCUT2D eigenvalue weighted by Crippen LogP contribution is -2.53. The second-order valence-electron chi connectivity index (χ2n) is 7.64. The van der Waals surface area contributed by atoms with E-state index in [9.17, 15) is 9.59 Å². The lowest BCUT2D eigenvalue weighted by Gasteiger charge is -2.45. The first-order valence-corrected chi connectivity index (χ1v) is 10.1. The van der Waals surface area contributed by atoms with Crippen LogP contribution in [0.5, 0.6) is 0 Å². The van der Waals surface area contributed by atoms with Crippen molar-refractivity contribution in [2.75, 3.05) is 5.32 Å². The van der Waals surface area contributed by atoms with Crippen molar-refractivity contribution >= 4 is 29.3 Å². The lowest BCUT2D eigenvalue weighted by atomic mass is 9.67. The zero-order valence-electron chi connectivity index (χ0n) is 14.5. The second-order valence-corrected chi connectivity index (χ2v) is 9.02. The number of rotatable bonds is 2. The molecule has 2 amide bonds. The first-order chi connectivity index (χ1) is 12.0. The van der Waals surface area contributed by atoms with Crippen molar-refractivity contribution < 1.29 is 9.59 Å². The summed E-state index contributed by atoms with van der Waals surface area (Å²) in [6.07, 6.45) is 5.58. The van der Waals surface area contributed by atoms with Gasteiger partial charge in [-0.2, -0.15) is 0 Å². The normalized spacial score (nSPS) is 34.0. The van der Waals surface area contributed by atoms with Gasteiger partial charge in [0.15, 0.2) is 0 Å². The standard InChI is InChI=1S/C19H25N3O2S/c1-10-18(23)21-15-9-13(5-6-16(15)25-10)19(24)22-17-11-3-2-4-12(17)8-14(20)7-11/h5-6,9-12,14,17H,2-4,7-8,20H2,1H3,(H,21,23)(H,22,24). The van der Waals surface area contributed by atoms with Crippen LogP contribution in [-0.4, -0.2) is 29.1 Å². The van der Waals surface area contributed by atoms with E-state index in [-0.39, 0.29) is 29.1 Å². The van der Waals surface area contributed by atoms with Crippen molar-refractivity contribution in [1.82, 2.24) is 5.32 Å². The number of carbonyl (C=O) groups excluding carboxylic acids is 2. The maximum atomic E-state index is 12.8. The van der Waals surface area contributed by atoms with E-state index >= 15 is 0 Å². The van der Waals surface area contributed by atoms with Crippen molar-refractivity contribution in [3.05, 3.63) is 23.8 Å². The predicted molar refractivity (Wildman–Crippen MR) is 99.7 cm³/mol. The molecule has 4 N–H and O–H groups in total. The molecule has 0 aromatic heterocycles. The fourth-order valence-electron chi connectivity index (χ4n) is 4.61. The molecule has 5 nitrogen and oxygen atoms in total. The van der Waals surface area contributed by atoms with Gasteiger partial charge in [0.2, 0.25) is 5.91 Å². The predicted octanol–water partition coefficient (Wildman–Crippen LogP) is 2.76. The fourth-order valence-corrected chi connectivity index (χ4v) is 5.54. The third kappa shape index (κ3) is 3.29. The van der Waals surface area contributed by atoms with Crippen LogP contribution in [0.4, 0.5) is 5.69 Å². The molecule has 3 aliphatic rings. The number of hydrogen-bond acceptors (Lipinski definition) is 4. The van der Waals surface area contributed by atoms with E-state index < -0.39 is 0 Å². The fraction of sp³-hybridized carbons (Fsp3) is 0.579. The molecule has 2 bridgehead atoms. The summed E-state index contributed by atoms with van der Waals surface area (Å²) in [5.41, 5.74) is 7.53. The molecule has 0 radical (unpaired) electrons. The van der Waals surface area contributed by atoms with Crippen LogP contribution in [-0.2, 0) is 4.79 Å². The van der Waals surface area contributed by atoms with E-state index in [1.807, 2.05) is 19.1 Å². The Hall–Kier alpha value is -1.53. The van der Waals surface area contributed by atoms with Gasteiger partial charge in [0.05, 0.1) is 10.9 Å². The van der Waals surface area contributed by atoms with Crippen molar-refractivity contribution in [1.29, 1.82) is 0 Å². The second kappa shape index (κ2) is 6.65. The molecule has 4 rings (SSSR count). The van der Waals surface area contributed by atoms with Gasteiger partial charge in [-0.3, -0.25) is 9.59 Å². The summed E-state index contributed by atoms with van der Waals surface area (Å²) >= 11 is 1.53. The Balaban J connectivity index is 1.50. The summed E-state index contributed by atoms with van der Waals surface area (Å²) in [7, 11) is 0. The Labute approximate surface area is 152 Å². The topological polar surface area (TPSA) is 84.2 Å².